The zero-order chi connectivity index (χ0) is 13.8. The van der Waals surface area contributed by atoms with E-state index in [9.17, 15) is 4.79 Å². The minimum absolute atomic E-state index is 0.103. The first-order valence-electron chi connectivity index (χ1n) is 7.81. The van der Waals surface area contributed by atoms with Gasteiger partial charge >= 0.3 is 6.03 Å². The van der Waals surface area contributed by atoms with Gasteiger partial charge in [0.2, 0.25) is 0 Å². The molecular formula is C15H28N2O2. The number of nitrogens with one attached hydrogen (secondary N) is 1. The van der Waals surface area contributed by atoms with Gasteiger partial charge in [0.1, 0.15) is 0 Å². The van der Waals surface area contributed by atoms with Gasteiger partial charge in [-0.3, -0.25) is 0 Å². The summed E-state index contributed by atoms with van der Waals surface area (Å²) in [7, 11) is 0. The third kappa shape index (κ3) is 3.85. The lowest BCUT2D eigenvalue weighted by atomic mass is 9.99. The van der Waals surface area contributed by atoms with E-state index in [0.29, 0.717) is 24.5 Å². The fourth-order valence-electron chi connectivity index (χ4n) is 2.75. The molecule has 1 N–H and O–H groups in total. The van der Waals surface area contributed by atoms with Crippen LogP contribution >= 0.6 is 0 Å². The normalized spacial score (nSPS) is 25.9. The summed E-state index contributed by atoms with van der Waals surface area (Å²) in [5.41, 5.74) is 0. The predicted octanol–water partition coefficient (Wildman–Crippen LogP) is 2.77. The number of carbonyl (C=O) groups is 1. The predicted molar refractivity (Wildman–Crippen MR) is 76.2 cm³/mol. The fourth-order valence-corrected chi connectivity index (χ4v) is 2.75. The Morgan fingerprint density at radius 3 is 2.63 bits per heavy atom. The molecule has 110 valence electrons. The second-order valence-corrected chi connectivity index (χ2v) is 6.09. The molecule has 1 aliphatic heterocycles. The lowest BCUT2D eigenvalue weighted by Gasteiger charge is -2.33. The number of hydrogen-bond acceptors (Lipinski definition) is 2. The second kappa shape index (κ2) is 6.60. The van der Waals surface area contributed by atoms with Crippen LogP contribution in [-0.4, -0.2) is 42.3 Å². The molecule has 1 saturated carbocycles. The van der Waals surface area contributed by atoms with E-state index < -0.39 is 0 Å². The van der Waals surface area contributed by atoms with E-state index in [-0.39, 0.29) is 12.1 Å². The summed E-state index contributed by atoms with van der Waals surface area (Å²) >= 11 is 0. The summed E-state index contributed by atoms with van der Waals surface area (Å²) in [6, 6.07) is 0.890. The van der Waals surface area contributed by atoms with Crippen LogP contribution in [0, 0.1) is 5.92 Å². The second-order valence-electron chi connectivity index (χ2n) is 6.09. The molecule has 4 nitrogen and oxygen atoms in total. The van der Waals surface area contributed by atoms with Crippen LogP contribution in [0.25, 0.3) is 0 Å². The van der Waals surface area contributed by atoms with Crippen LogP contribution in [0.2, 0.25) is 0 Å². The number of carbonyl (C=O) groups excluding carboxylic acids is 1. The highest BCUT2D eigenvalue weighted by Gasteiger charge is 2.37. The molecule has 2 fully saturated rings. The van der Waals surface area contributed by atoms with E-state index in [1.165, 1.54) is 0 Å². The number of hydrogen-bond donors (Lipinski definition) is 1. The van der Waals surface area contributed by atoms with Gasteiger partial charge in [0, 0.05) is 25.2 Å². The van der Waals surface area contributed by atoms with Crippen molar-refractivity contribution in [1.29, 1.82) is 0 Å². The number of rotatable bonds is 6. The molecule has 2 aliphatic rings. The molecule has 19 heavy (non-hydrogen) atoms. The van der Waals surface area contributed by atoms with Crippen LogP contribution in [0.1, 0.15) is 52.9 Å². The molecule has 1 heterocycles. The van der Waals surface area contributed by atoms with Gasteiger partial charge in [-0.25, -0.2) is 4.79 Å². The molecule has 2 amide bonds. The van der Waals surface area contributed by atoms with E-state index in [1.54, 1.807) is 0 Å². The molecule has 3 atom stereocenters. The minimum atomic E-state index is 0.103. The van der Waals surface area contributed by atoms with Gasteiger partial charge in [-0.15, -0.1) is 0 Å². The van der Waals surface area contributed by atoms with Gasteiger partial charge in [0.25, 0.3) is 0 Å². The molecule has 0 radical (unpaired) electrons. The summed E-state index contributed by atoms with van der Waals surface area (Å²) in [4.78, 5) is 14.5. The van der Waals surface area contributed by atoms with Crippen molar-refractivity contribution in [1.82, 2.24) is 10.2 Å². The van der Waals surface area contributed by atoms with Crippen molar-refractivity contribution in [3.05, 3.63) is 0 Å². The summed E-state index contributed by atoms with van der Waals surface area (Å²) in [6.07, 6.45) is 5.86. The van der Waals surface area contributed by atoms with E-state index in [2.05, 4.69) is 31.0 Å². The highest BCUT2D eigenvalue weighted by atomic mass is 16.5. The van der Waals surface area contributed by atoms with Crippen LogP contribution in [0.15, 0.2) is 0 Å². The van der Waals surface area contributed by atoms with Crippen LogP contribution in [0.5, 0.6) is 0 Å². The molecule has 0 aromatic rings. The van der Waals surface area contributed by atoms with Gasteiger partial charge in [-0.05, 0) is 38.5 Å². The van der Waals surface area contributed by atoms with Crippen LogP contribution in [-0.2, 0) is 4.74 Å². The molecule has 2 rings (SSSR count). The smallest absolute Gasteiger partial charge is 0.317 e. The van der Waals surface area contributed by atoms with Gasteiger partial charge in [0.05, 0.1) is 6.10 Å². The summed E-state index contributed by atoms with van der Waals surface area (Å²) < 4.78 is 5.56. The quantitative estimate of drug-likeness (QED) is 0.805. The molecule has 0 unspecified atom stereocenters. The first-order valence-corrected chi connectivity index (χ1v) is 7.81. The van der Waals surface area contributed by atoms with E-state index in [4.69, 9.17) is 4.74 Å². The fraction of sp³-hybridized carbons (Fsp3) is 0.933. The molecular weight excluding hydrogens is 240 g/mol. The Morgan fingerprint density at radius 1 is 1.37 bits per heavy atom. The van der Waals surface area contributed by atoms with Gasteiger partial charge in [0.15, 0.2) is 0 Å². The van der Waals surface area contributed by atoms with Crippen molar-refractivity contribution in [2.24, 2.45) is 5.92 Å². The maximum absolute atomic E-state index is 12.4. The molecule has 1 saturated heterocycles. The standard InChI is InChI=1S/C15H28N2O2/c1-4-11(2)12(3)17(13-7-8-13)15(18)16-10-14-6-5-9-19-14/h11-14H,4-10H2,1-3H3,(H,16,18)/t11-,12-,14-/m0/s1. The maximum Gasteiger partial charge on any atom is 0.317 e. The van der Waals surface area contributed by atoms with Crippen molar-refractivity contribution >= 4 is 6.03 Å². The monoisotopic (exact) mass is 268 g/mol. The summed E-state index contributed by atoms with van der Waals surface area (Å²) in [5.74, 6) is 0.550. The Bertz CT molecular complexity index is 299. The average Bonchev–Trinajstić information content (AvgIpc) is 3.10. The van der Waals surface area contributed by atoms with Crippen molar-refractivity contribution in [3.63, 3.8) is 0 Å². The lowest BCUT2D eigenvalue weighted by molar-refractivity contribution is 0.105. The Balaban J connectivity index is 1.85. The largest absolute Gasteiger partial charge is 0.376 e. The van der Waals surface area contributed by atoms with Crippen molar-refractivity contribution in [3.8, 4) is 0 Å². The highest BCUT2D eigenvalue weighted by Crippen LogP contribution is 2.31. The van der Waals surface area contributed by atoms with Crippen molar-refractivity contribution < 1.29 is 9.53 Å². The zero-order valence-electron chi connectivity index (χ0n) is 12.5. The summed E-state index contributed by atoms with van der Waals surface area (Å²) in [6.45, 7) is 8.10. The molecule has 0 bridgehead atoms. The van der Waals surface area contributed by atoms with E-state index in [1.807, 2.05) is 0 Å². The lowest BCUT2D eigenvalue weighted by Crippen LogP contribution is -2.50. The maximum atomic E-state index is 12.4. The third-order valence-electron chi connectivity index (χ3n) is 4.59. The van der Waals surface area contributed by atoms with Gasteiger partial charge in [-0.2, -0.15) is 0 Å². The SMILES string of the molecule is CC[C@H](C)[C@H](C)N(C(=O)NC[C@@H]1CCCO1)C1CC1. The van der Waals surface area contributed by atoms with Gasteiger partial charge in [-0.1, -0.05) is 20.3 Å². The highest BCUT2D eigenvalue weighted by molar-refractivity contribution is 5.75. The van der Waals surface area contributed by atoms with E-state index in [0.717, 1.165) is 38.7 Å². The molecule has 4 heteroatoms. The number of urea groups is 1. The number of ether oxygens (including phenoxy) is 1. The molecule has 1 aliphatic carbocycles. The number of nitrogens with zero attached hydrogens (tertiary/aromatic N) is 1. The Morgan fingerprint density at radius 2 is 2.11 bits per heavy atom. The van der Waals surface area contributed by atoms with Crippen LogP contribution in [0.3, 0.4) is 0 Å². The number of amides is 2. The first-order chi connectivity index (χ1) is 9.13. The Labute approximate surface area is 116 Å². The van der Waals surface area contributed by atoms with Gasteiger partial charge < -0.3 is 15.0 Å². The van der Waals surface area contributed by atoms with Crippen molar-refractivity contribution in [2.75, 3.05) is 13.2 Å². The van der Waals surface area contributed by atoms with Crippen molar-refractivity contribution in [2.45, 2.75) is 71.1 Å². The topological polar surface area (TPSA) is 41.6 Å². The third-order valence-corrected chi connectivity index (χ3v) is 4.59. The average molecular weight is 268 g/mol. The molecule has 0 spiro atoms. The van der Waals surface area contributed by atoms with E-state index >= 15 is 0 Å². The Hall–Kier alpha value is -0.770. The van der Waals surface area contributed by atoms with Crippen LogP contribution < -0.4 is 5.32 Å². The first kappa shape index (κ1) is 14.6. The molecule has 0 aromatic carbocycles. The molecule has 0 aromatic heterocycles. The zero-order valence-corrected chi connectivity index (χ0v) is 12.5. The minimum Gasteiger partial charge on any atom is -0.376 e. The van der Waals surface area contributed by atoms with Crippen LogP contribution in [0.4, 0.5) is 4.79 Å². The summed E-state index contributed by atoms with van der Waals surface area (Å²) in [5, 5.41) is 3.07. The Kier molecular flexibility index (Phi) is 5.08.